The number of amides is 1. The molecule has 0 aromatic rings. The largest absolute Gasteiger partial charge is 0.467 e. The number of ether oxygens (including phenoxy) is 1. The Kier molecular flexibility index (Phi) is 6.27. The van der Waals surface area contributed by atoms with E-state index in [1.807, 2.05) is 0 Å². The van der Waals surface area contributed by atoms with Crippen LogP contribution in [0.1, 0.15) is 12.8 Å². The van der Waals surface area contributed by atoms with E-state index in [4.69, 9.17) is 0 Å². The molecule has 1 unspecified atom stereocenters. The van der Waals surface area contributed by atoms with Crippen LogP contribution in [0.25, 0.3) is 0 Å². The summed E-state index contributed by atoms with van der Waals surface area (Å²) in [4.78, 5) is 22.5. The van der Waals surface area contributed by atoms with Gasteiger partial charge in [0.2, 0.25) is 5.91 Å². The highest BCUT2D eigenvalue weighted by Gasteiger charge is 2.37. The van der Waals surface area contributed by atoms with Gasteiger partial charge in [-0.05, 0) is 25.8 Å². The summed E-state index contributed by atoms with van der Waals surface area (Å²) in [5.41, 5.74) is 0. The number of hydrogen-bond acceptors (Lipinski definition) is 4. The van der Waals surface area contributed by atoms with Crippen molar-refractivity contribution in [1.29, 1.82) is 0 Å². The van der Waals surface area contributed by atoms with Gasteiger partial charge in [0.05, 0.1) is 13.7 Å². The van der Waals surface area contributed by atoms with E-state index in [0.29, 0.717) is 0 Å². The van der Waals surface area contributed by atoms with Crippen LogP contribution in [0.15, 0.2) is 0 Å². The lowest BCUT2D eigenvalue weighted by Crippen LogP contribution is -2.45. The molecule has 1 aliphatic carbocycles. The molecule has 0 aromatic heterocycles. The molecule has 1 rings (SSSR count). The van der Waals surface area contributed by atoms with Gasteiger partial charge in [-0.3, -0.25) is 4.79 Å². The van der Waals surface area contributed by atoms with Crippen LogP contribution in [0.2, 0.25) is 0 Å². The minimum atomic E-state index is -0.458. The second kappa shape index (κ2) is 6.63. The molecule has 0 radical (unpaired) electrons. The third-order valence-electron chi connectivity index (χ3n) is 2.20. The van der Waals surface area contributed by atoms with Gasteiger partial charge in [0.1, 0.15) is 6.04 Å². The van der Waals surface area contributed by atoms with Crippen molar-refractivity contribution in [3.8, 4) is 0 Å². The van der Waals surface area contributed by atoms with Crippen LogP contribution in [-0.4, -0.2) is 38.6 Å². The van der Waals surface area contributed by atoms with E-state index in [1.165, 1.54) is 7.11 Å². The van der Waals surface area contributed by atoms with E-state index < -0.39 is 6.04 Å². The average Bonchev–Trinajstić information content (AvgIpc) is 2.97. The summed E-state index contributed by atoms with van der Waals surface area (Å²) < 4.78 is 4.62. The fraction of sp³-hybridized carbons (Fsp3) is 0.778. The molecule has 0 aromatic carbocycles. The average molecular weight is 237 g/mol. The highest BCUT2D eigenvalue weighted by molar-refractivity contribution is 5.86. The number of hydrogen-bond donors (Lipinski definition) is 2. The number of esters is 1. The predicted molar refractivity (Wildman–Crippen MR) is 57.8 cm³/mol. The topological polar surface area (TPSA) is 67.4 Å². The summed E-state index contributed by atoms with van der Waals surface area (Å²) in [5, 5.41) is 5.38. The van der Waals surface area contributed by atoms with Crippen LogP contribution in [0.3, 0.4) is 0 Å². The van der Waals surface area contributed by atoms with E-state index in [2.05, 4.69) is 15.4 Å². The molecule has 15 heavy (non-hydrogen) atoms. The molecule has 0 bridgehead atoms. The van der Waals surface area contributed by atoms with Crippen molar-refractivity contribution >= 4 is 24.3 Å². The lowest BCUT2D eigenvalue weighted by molar-refractivity contribution is -0.145. The maximum Gasteiger partial charge on any atom is 0.328 e. The lowest BCUT2D eigenvalue weighted by Gasteiger charge is -2.15. The van der Waals surface area contributed by atoms with Crippen molar-refractivity contribution in [3.63, 3.8) is 0 Å². The highest BCUT2D eigenvalue weighted by atomic mass is 35.5. The number of carbonyl (C=O) groups is 2. The fourth-order valence-electron chi connectivity index (χ4n) is 1.31. The molecule has 1 aliphatic rings. The Balaban J connectivity index is 0.00000196. The Hall–Kier alpha value is -0.810. The minimum Gasteiger partial charge on any atom is -0.467 e. The van der Waals surface area contributed by atoms with E-state index >= 15 is 0 Å². The molecule has 0 heterocycles. The maximum absolute atomic E-state index is 11.3. The van der Waals surface area contributed by atoms with Crippen molar-refractivity contribution in [3.05, 3.63) is 0 Å². The van der Waals surface area contributed by atoms with Gasteiger partial charge in [-0.2, -0.15) is 0 Å². The zero-order valence-electron chi connectivity index (χ0n) is 8.91. The van der Waals surface area contributed by atoms with Gasteiger partial charge in [0.15, 0.2) is 0 Å². The van der Waals surface area contributed by atoms with Crippen molar-refractivity contribution < 1.29 is 14.3 Å². The number of halogens is 1. The first-order valence-corrected chi connectivity index (χ1v) is 4.70. The first-order valence-electron chi connectivity index (χ1n) is 4.70. The Bertz CT molecular complexity index is 231. The van der Waals surface area contributed by atoms with Gasteiger partial charge in [0.25, 0.3) is 0 Å². The summed E-state index contributed by atoms with van der Waals surface area (Å²) in [6.45, 7) is 0.222. The predicted octanol–water partition coefficient (Wildman–Crippen LogP) is -0.305. The van der Waals surface area contributed by atoms with E-state index in [9.17, 15) is 9.59 Å². The van der Waals surface area contributed by atoms with Gasteiger partial charge < -0.3 is 15.4 Å². The zero-order chi connectivity index (χ0) is 10.6. The van der Waals surface area contributed by atoms with Gasteiger partial charge in [-0.1, -0.05) is 0 Å². The Labute approximate surface area is 95.3 Å². The van der Waals surface area contributed by atoms with Gasteiger partial charge >= 0.3 is 5.97 Å². The fourth-order valence-corrected chi connectivity index (χ4v) is 1.31. The van der Waals surface area contributed by atoms with Crippen molar-refractivity contribution in [2.75, 3.05) is 20.7 Å². The van der Waals surface area contributed by atoms with E-state index in [1.54, 1.807) is 7.05 Å². The first kappa shape index (κ1) is 14.2. The number of carbonyl (C=O) groups excluding carboxylic acids is 2. The minimum absolute atomic E-state index is 0. The monoisotopic (exact) mass is 236 g/mol. The van der Waals surface area contributed by atoms with Crippen LogP contribution in [0, 0.1) is 5.92 Å². The van der Waals surface area contributed by atoms with Crippen LogP contribution in [-0.2, 0) is 14.3 Å². The maximum atomic E-state index is 11.3. The molecule has 0 spiro atoms. The Morgan fingerprint density at radius 1 is 1.47 bits per heavy atom. The SMILES string of the molecule is CNCC(=O)NC(C(=O)OC)C1CC1.Cl. The van der Waals surface area contributed by atoms with Crippen LogP contribution in [0.4, 0.5) is 0 Å². The van der Waals surface area contributed by atoms with Crippen LogP contribution >= 0.6 is 12.4 Å². The molecule has 5 nitrogen and oxygen atoms in total. The normalized spacial score (nSPS) is 16.1. The third kappa shape index (κ3) is 4.48. The second-order valence-electron chi connectivity index (χ2n) is 3.44. The quantitative estimate of drug-likeness (QED) is 0.643. The summed E-state index contributed by atoms with van der Waals surface area (Å²) in [7, 11) is 3.02. The number of rotatable bonds is 5. The summed E-state index contributed by atoms with van der Waals surface area (Å²) in [6, 6.07) is -0.458. The van der Waals surface area contributed by atoms with Crippen molar-refractivity contribution in [2.45, 2.75) is 18.9 Å². The highest BCUT2D eigenvalue weighted by Crippen LogP contribution is 2.33. The van der Waals surface area contributed by atoms with Gasteiger partial charge in [-0.15, -0.1) is 12.4 Å². The van der Waals surface area contributed by atoms with E-state index in [-0.39, 0.29) is 36.7 Å². The first-order chi connectivity index (χ1) is 6.69. The van der Waals surface area contributed by atoms with Gasteiger partial charge in [0, 0.05) is 0 Å². The molecular weight excluding hydrogens is 220 g/mol. The third-order valence-corrected chi connectivity index (χ3v) is 2.20. The molecule has 6 heteroatoms. The molecular formula is C9H17ClN2O3. The molecule has 1 fully saturated rings. The molecule has 0 saturated heterocycles. The Morgan fingerprint density at radius 2 is 2.07 bits per heavy atom. The summed E-state index contributed by atoms with van der Waals surface area (Å²) in [5.74, 6) is -0.255. The standard InChI is InChI=1S/C9H16N2O3.ClH/c1-10-5-7(12)11-8(6-3-4-6)9(13)14-2;/h6,8,10H,3-5H2,1-2H3,(H,11,12);1H. The second-order valence-corrected chi connectivity index (χ2v) is 3.44. The zero-order valence-corrected chi connectivity index (χ0v) is 9.73. The number of likely N-dealkylation sites (N-methyl/N-ethyl adjacent to an activating group) is 1. The molecule has 1 atom stereocenters. The summed E-state index contributed by atoms with van der Waals surface area (Å²) >= 11 is 0. The van der Waals surface area contributed by atoms with Gasteiger partial charge in [-0.25, -0.2) is 4.79 Å². The number of nitrogens with one attached hydrogen (secondary N) is 2. The van der Waals surface area contributed by atoms with Crippen molar-refractivity contribution in [2.24, 2.45) is 5.92 Å². The molecule has 88 valence electrons. The smallest absolute Gasteiger partial charge is 0.328 e. The number of methoxy groups -OCH3 is 1. The van der Waals surface area contributed by atoms with E-state index in [0.717, 1.165) is 12.8 Å². The molecule has 1 amide bonds. The van der Waals surface area contributed by atoms with Crippen LogP contribution in [0.5, 0.6) is 0 Å². The Morgan fingerprint density at radius 3 is 2.47 bits per heavy atom. The molecule has 0 aliphatic heterocycles. The van der Waals surface area contributed by atoms with Crippen LogP contribution < -0.4 is 10.6 Å². The molecule has 1 saturated carbocycles. The molecule has 2 N–H and O–H groups in total. The van der Waals surface area contributed by atoms with Crippen molar-refractivity contribution in [1.82, 2.24) is 10.6 Å². The summed E-state index contributed by atoms with van der Waals surface area (Å²) in [6.07, 6.45) is 1.97. The lowest BCUT2D eigenvalue weighted by atomic mass is 10.2.